The van der Waals surface area contributed by atoms with Gasteiger partial charge in [-0.15, -0.1) is 0 Å². The van der Waals surface area contributed by atoms with Crippen molar-refractivity contribution in [1.29, 1.82) is 0 Å². The molecule has 1 aromatic carbocycles. The van der Waals surface area contributed by atoms with Crippen molar-refractivity contribution >= 4 is 33.7 Å². The Morgan fingerprint density at radius 3 is 2.10 bits per heavy atom. The van der Waals surface area contributed by atoms with E-state index >= 15 is 0 Å². The Hall–Kier alpha value is 0.160. The van der Waals surface area contributed by atoms with Crippen LogP contribution in [-0.4, -0.2) is 6.66 Å². The van der Waals surface area contributed by atoms with Gasteiger partial charge in [0.25, 0.3) is 0 Å². The van der Waals surface area contributed by atoms with Gasteiger partial charge in [0.1, 0.15) is 0 Å². The van der Waals surface area contributed by atoms with Gasteiger partial charge in [0.15, 0.2) is 0 Å². The lowest BCUT2D eigenvalue weighted by Gasteiger charge is -2.05. The molecule has 1 atom stereocenters. The third kappa shape index (κ3) is 2.09. The van der Waals surface area contributed by atoms with Gasteiger partial charge in [-0.05, 0) is 12.0 Å². The number of halogens is 1. The Kier molecular flexibility index (Phi) is 2.51. The number of rotatable bonds is 1. The summed E-state index contributed by atoms with van der Waals surface area (Å²) in [6.45, 7) is 1.92. The molecular formula is C7H8ClPS. The first-order chi connectivity index (χ1) is 4.61. The van der Waals surface area contributed by atoms with Crippen LogP contribution in [-0.2, 0) is 11.8 Å². The molecule has 0 saturated carbocycles. The van der Waals surface area contributed by atoms with Crippen LogP contribution in [0.4, 0.5) is 0 Å². The molecule has 1 rings (SSSR count). The van der Waals surface area contributed by atoms with Crippen molar-refractivity contribution < 1.29 is 0 Å². The fraction of sp³-hybridized carbons (Fsp3) is 0.143. The summed E-state index contributed by atoms with van der Waals surface area (Å²) in [4.78, 5) is 0. The smallest absolute Gasteiger partial charge is 0.0629 e. The van der Waals surface area contributed by atoms with Crippen molar-refractivity contribution in [2.75, 3.05) is 6.66 Å². The van der Waals surface area contributed by atoms with Crippen molar-refractivity contribution in [2.24, 2.45) is 0 Å². The minimum absolute atomic E-state index is 1.09. The van der Waals surface area contributed by atoms with Gasteiger partial charge in [0.05, 0.1) is 5.39 Å². The van der Waals surface area contributed by atoms with Crippen LogP contribution >= 0.6 is 16.6 Å². The monoisotopic (exact) mass is 190 g/mol. The van der Waals surface area contributed by atoms with Crippen molar-refractivity contribution in [3.63, 3.8) is 0 Å². The van der Waals surface area contributed by atoms with E-state index in [0.29, 0.717) is 0 Å². The van der Waals surface area contributed by atoms with Crippen molar-refractivity contribution in [3.8, 4) is 0 Å². The van der Waals surface area contributed by atoms with E-state index in [2.05, 4.69) is 0 Å². The van der Waals surface area contributed by atoms with E-state index in [1.165, 1.54) is 0 Å². The minimum Gasteiger partial charge on any atom is -0.0809 e. The Morgan fingerprint density at radius 2 is 1.80 bits per heavy atom. The lowest BCUT2D eigenvalue weighted by Crippen LogP contribution is -1.96. The average molecular weight is 191 g/mol. The number of hydrogen-bond acceptors (Lipinski definition) is 1. The average Bonchev–Trinajstić information content (AvgIpc) is 1.88. The second-order valence-electron chi connectivity index (χ2n) is 2.16. The quantitative estimate of drug-likeness (QED) is 0.614. The van der Waals surface area contributed by atoms with Gasteiger partial charge in [-0.3, -0.25) is 0 Å². The lowest BCUT2D eigenvalue weighted by molar-refractivity contribution is 1.77. The fourth-order valence-electron chi connectivity index (χ4n) is 0.694. The highest BCUT2D eigenvalue weighted by atomic mass is 35.7. The first-order valence-corrected chi connectivity index (χ1v) is 7.09. The predicted molar refractivity (Wildman–Crippen MR) is 52.1 cm³/mol. The highest BCUT2D eigenvalue weighted by Gasteiger charge is 2.06. The van der Waals surface area contributed by atoms with Crippen LogP contribution in [0.2, 0.25) is 0 Å². The molecule has 0 radical (unpaired) electrons. The molecule has 0 N–H and O–H groups in total. The zero-order valence-electron chi connectivity index (χ0n) is 5.62. The van der Waals surface area contributed by atoms with Gasteiger partial charge in [0.2, 0.25) is 0 Å². The molecule has 1 aromatic rings. The van der Waals surface area contributed by atoms with E-state index in [1.54, 1.807) is 0 Å². The summed E-state index contributed by atoms with van der Waals surface area (Å²) in [7, 11) is 0. The Labute approximate surface area is 71.0 Å². The maximum atomic E-state index is 5.98. The normalized spacial score (nSPS) is 16.2. The zero-order chi connectivity index (χ0) is 7.61. The van der Waals surface area contributed by atoms with Crippen molar-refractivity contribution in [3.05, 3.63) is 30.3 Å². The predicted octanol–water partition coefficient (Wildman–Crippen LogP) is 2.58. The molecule has 0 aliphatic rings. The molecule has 0 spiro atoms. The van der Waals surface area contributed by atoms with Crippen LogP contribution in [0.1, 0.15) is 0 Å². The van der Waals surface area contributed by atoms with Gasteiger partial charge >= 0.3 is 0 Å². The van der Waals surface area contributed by atoms with Gasteiger partial charge < -0.3 is 0 Å². The standard InChI is InChI=1S/C7H8ClPS/c1-9(8,10)7-5-3-2-4-6-7/h2-6H,1H3. The first kappa shape index (κ1) is 8.26. The summed E-state index contributed by atoms with van der Waals surface area (Å²) in [5.41, 5.74) is 0. The fourth-order valence-corrected chi connectivity index (χ4v) is 2.10. The Bertz CT molecular complexity index is 252. The minimum atomic E-state index is -1.71. The van der Waals surface area contributed by atoms with Gasteiger partial charge in [0, 0.05) is 0 Å². The highest BCUT2D eigenvalue weighted by molar-refractivity contribution is 8.30. The SMILES string of the molecule is CP(=S)(Cl)c1ccccc1. The molecular weight excluding hydrogens is 183 g/mol. The highest BCUT2D eigenvalue weighted by Crippen LogP contribution is 2.45. The molecule has 54 valence electrons. The third-order valence-electron chi connectivity index (χ3n) is 1.22. The summed E-state index contributed by atoms with van der Waals surface area (Å²) in [6, 6.07) is 9.84. The van der Waals surface area contributed by atoms with Gasteiger partial charge in [-0.1, -0.05) is 53.4 Å². The summed E-state index contributed by atoms with van der Waals surface area (Å²) in [5.74, 6) is 0. The van der Waals surface area contributed by atoms with Crippen LogP contribution in [0, 0.1) is 0 Å². The molecule has 0 nitrogen and oxygen atoms in total. The molecule has 10 heavy (non-hydrogen) atoms. The Morgan fingerprint density at radius 1 is 1.30 bits per heavy atom. The van der Waals surface area contributed by atoms with Gasteiger partial charge in [-0.2, -0.15) is 0 Å². The summed E-state index contributed by atoms with van der Waals surface area (Å²) in [6.07, 6.45) is 0. The molecule has 0 aliphatic carbocycles. The van der Waals surface area contributed by atoms with Crippen LogP contribution in [0.25, 0.3) is 0 Å². The van der Waals surface area contributed by atoms with Crippen molar-refractivity contribution in [2.45, 2.75) is 0 Å². The zero-order valence-corrected chi connectivity index (χ0v) is 8.09. The number of hydrogen-bond donors (Lipinski definition) is 0. The van der Waals surface area contributed by atoms with Gasteiger partial charge in [-0.25, -0.2) is 0 Å². The van der Waals surface area contributed by atoms with Crippen LogP contribution in [0.3, 0.4) is 0 Å². The molecule has 0 aliphatic heterocycles. The third-order valence-corrected chi connectivity index (χ3v) is 3.66. The van der Waals surface area contributed by atoms with Crippen LogP contribution in [0.5, 0.6) is 0 Å². The maximum Gasteiger partial charge on any atom is 0.0629 e. The molecule has 0 fully saturated rings. The van der Waals surface area contributed by atoms with E-state index in [4.69, 9.17) is 23.0 Å². The topological polar surface area (TPSA) is 0 Å². The van der Waals surface area contributed by atoms with Crippen LogP contribution < -0.4 is 5.30 Å². The largest absolute Gasteiger partial charge is 0.0809 e. The molecule has 0 bridgehead atoms. The van der Waals surface area contributed by atoms with E-state index in [0.717, 1.165) is 5.30 Å². The van der Waals surface area contributed by atoms with E-state index in [-0.39, 0.29) is 0 Å². The molecule has 0 saturated heterocycles. The van der Waals surface area contributed by atoms with Crippen LogP contribution in [0.15, 0.2) is 30.3 Å². The Balaban J connectivity index is 3.09. The first-order valence-electron chi connectivity index (χ1n) is 2.93. The molecule has 3 heteroatoms. The lowest BCUT2D eigenvalue weighted by atomic mass is 10.4. The second kappa shape index (κ2) is 3.04. The van der Waals surface area contributed by atoms with Crippen molar-refractivity contribution in [1.82, 2.24) is 0 Å². The molecule has 0 heterocycles. The maximum absolute atomic E-state index is 5.98. The van der Waals surface area contributed by atoms with E-state index < -0.39 is 5.39 Å². The number of benzene rings is 1. The van der Waals surface area contributed by atoms with E-state index in [1.807, 2.05) is 37.0 Å². The molecule has 0 aromatic heterocycles. The molecule has 1 unspecified atom stereocenters. The second-order valence-corrected chi connectivity index (χ2v) is 9.13. The molecule has 0 amide bonds. The summed E-state index contributed by atoms with van der Waals surface area (Å²) >= 11 is 11.1. The summed E-state index contributed by atoms with van der Waals surface area (Å²) < 4.78 is 0. The van der Waals surface area contributed by atoms with E-state index in [9.17, 15) is 0 Å². The summed E-state index contributed by atoms with van der Waals surface area (Å²) in [5, 5.41) is -0.623.